The van der Waals surface area contributed by atoms with E-state index in [1.54, 1.807) is 0 Å². The fourth-order valence-electron chi connectivity index (χ4n) is 0.807. The third-order valence-electron chi connectivity index (χ3n) is 1.40. The minimum atomic E-state index is -1.89. The van der Waals surface area contributed by atoms with Gasteiger partial charge in [-0.05, 0) is 22.0 Å². The zero-order valence-corrected chi connectivity index (χ0v) is 7.51. The molecular formula is C8H5BrF2O. The lowest BCUT2D eigenvalue weighted by atomic mass is 10.1. The molecule has 1 aromatic carbocycles. The Morgan fingerprint density at radius 1 is 1.50 bits per heavy atom. The molecule has 0 radical (unpaired) electrons. The number of alkyl halides is 1. The van der Waals surface area contributed by atoms with Crippen molar-refractivity contribution in [2.75, 3.05) is 0 Å². The average Bonchev–Trinajstić information content (AvgIpc) is 2.08. The molecule has 0 saturated heterocycles. The molecule has 0 aromatic heterocycles. The molecule has 64 valence electrons. The standard InChI is InChI=1S/C8H5BrF2O/c9-6-3-1-2-5(8(6)11)7(10)4-12/h1-4,7H/t7-/m1/s1. The van der Waals surface area contributed by atoms with Gasteiger partial charge in [0.05, 0.1) is 4.47 Å². The van der Waals surface area contributed by atoms with Gasteiger partial charge < -0.3 is 0 Å². The highest BCUT2D eigenvalue weighted by molar-refractivity contribution is 9.10. The average molecular weight is 235 g/mol. The largest absolute Gasteiger partial charge is 0.300 e. The van der Waals surface area contributed by atoms with Crippen molar-refractivity contribution in [2.45, 2.75) is 6.17 Å². The molecule has 0 amide bonds. The van der Waals surface area contributed by atoms with E-state index in [2.05, 4.69) is 15.9 Å². The summed E-state index contributed by atoms with van der Waals surface area (Å²) < 4.78 is 25.8. The molecule has 4 heteroatoms. The molecule has 1 rings (SSSR count). The summed E-state index contributed by atoms with van der Waals surface area (Å²) in [6, 6.07) is 4.15. The second-order valence-electron chi connectivity index (χ2n) is 2.18. The van der Waals surface area contributed by atoms with Crippen molar-refractivity contribution < 1.29 is 13.6 Å². The summed E-state index contributed by atoms with van der Waals surface area (Å²) in [5.41, 5.74) is -0.237. The van der Waals surface area contributed by atoms with Crippen LogP contribution >= 0.6 is 15.9 Å². The van der Waals surface area contributed by atoms with Gasteiger partial charge in [0.2, 0.25) is 0 Å². The number of aldehydes is 1. The number of carbonyl (C=O) groups excluding carboxylic acids is 1. The van der Waals surface area contributed by atoms with E-state index in [0.29, 0.717) is 0 Å². The van der Waals surface area contributed by atoms with Crippen molar-refractivity contribution >= 4 is 22.2 Å². The van der Waals surface area contributed by atoms with Crippen molar-refractivity contribution in [2.24, 2.45) is 0 Å². The minimum Gasteiger partial charge on any atom is -0.300 e. The van der Waals surface area contributed by atoms with Gasteiger partial charge in [0.15, 0.2) is 12.5 Å². The first-order valence-electron chi connectivity index (χ1n) is 3.20. The summed E-state index contributed by atoms with van der Waals surface area (Å²) in [4.78, 5) is 10.0. The molecular weight excluding hydrogens is 230 g/mol. The van der Waals surface area contributed by atoms with Gasteiger partial charge in [0.1, 0.15) is 5.82 Å². The molecule has 1 aromatic rings. The van der Waals surface area contributed by atoms with Crippen LogP contribution in [-0.4, -0.2) is 6.29 Å². The maximum absolute atomic E-state index is 13.0. The Labute approximate surface area is 76.5 Å². The Kier molecular flexibility index (Phi) is 2.92. The van der Waals surface area contributed by atoms with Crippen LogP contribution in [0.4, 0.5) is 8.78 Å². The molecule has 0 bridgehead atoms. The van der Waals surface area contributed by atoms with Crippen LogP contribution in [0.3, 0.4) is 0 Å². The Bertz CT molecular complexity index is 301. The molecule has 0 aliphatic rings. The molecule has 1 nitrogen and oxygen atoms in total. The van der Waals surface area contributed by atoms with Crippen molar-refractivity contribution in [1.29, 1.82) is 0 Å². The monoisotopic (exact) mass is 234 g/mol. The molecule has 0 saturated carbocycles. The van der Waals surface area contributed by atoms with E-state index < -0.39 is 12.0 Å². The third-order valence-corrected chi connectivity index (χ3v) is 2.01. The van der Waals surface area contributed by atoms with E-state index in [1.165, 1.54) is 18.2 Å². The summed E-state index contributed by atoms with van der Waals surface area (Å²) in [6.45, 7) is 0. The highest BCUT2D eigenvalue weighted by Crippen LogP contribution is 2.24. The minimum absolute atomic E-state index is 0.0604. The first-order valence-corrected chi connectivity index (χ1v) is 3.99. The van der Waals surface area contributed by atoms with Gasteiger partial charge in [0.25, 0.3) is 0 Å². The Morgan fingerprint density at radius 2 is 2.17 bits per heavy atom. The second kappa shape index (κ2) is 3.76. The quantitative estimate of drug-likeness (QED) is 0.720. The molecule has 0 N–H and O–H groups in total. The summed E-state index contributed by atoms with van der Waals surface area (Å²) in [5.74, 6) is -0.725. The van der Waals surface area contributed by atoms with Crippen molar-refractivity contribution in [1.82, 2.24) is 0 Å². The van der Waals surface area contributed by atoms with Gasteiger partial charge in [-0.2, -0.15) is 0 Å². The van der Waals surface area contributed by atoms with Gasteiger partial charge in [-0.1, -0.05) is 12.1 Å². The smallest absolute Gasteiger partial charge is 0.183 e. The molecule has 0 spiro atoms. The van der Waals surface area contributed by atoms with Crippen LogP contribution < -0.4 is 0 Å². The summed E-state index contributed by atoms with van der Waals surface area (Å²) in [6.07, 6.45) is -1.83. The number of halogens is 3. The van der Waals surface area contributed by atoms with Crippen LogP contribution in [0.5, 0.6) is 0 Å². The molecule has 0 unspecified atom stereocenters. The summed E-state index contributed by atoms with van der Waals surface area (Å²) in [7, 11) is 0. The van der Waals surface area contributed by atoms with Crippen LogP contribution in [0.1, 0.15) is 11.7 Å². The van der Waals surface area contributed by atoms with Crippen molar-refractivity contribution in [3.63, 3.8) is 0 Å². The molecule has 0 heterocycles. The molecule has 0 aliphatic heterocycles. The van der Waals surface area contributed by atoms with E-state index >= 15 is 0 Å². The third kappa shape index (κ3) is 1.69. The predicted octanol–water partition coefficient (Wildman–Crippen LogP) is 2.80. The molecule has 12 heavy (non-hydrogen) atoms. The van der Waals surface area contributed by atoms with Crippen LogP contribution in [0.2, 0.25) is 0 Å². The van der Waals surface area contributed by atoms with E-state index in [0.717, 1.165) is 0 Å². The Balaban J connectivity index is 3.15. The molecule has 1 atom stereocenters. The lowest BCUT2D eigenvalue weighted by Crippen LogP contribution is -1.96. The van der Waals surface area contributed by atoms with Crippen LogP contribution in [0, 0.1) is 5.82 Å². The van der Waals surface area contributed by atoms with Crippen LogP contribution in [0.15, 0.2) is 22.7 Å². The number of hydrogen-bond donors (Lipinski definition) is 0. The van der Waals surface area contributed by atoms with E-state index in [-0.39, 0.29) is 16.3 Å². The van der Waals surface area contributed by atoms with Gasteiger partial charge in [-0.15, -0.1) is 0 Å². The fraction of sp³-hybridized carbons (Fsp3) is 0.125. The van der Waals surface area contributed by atoms with Crippen molar-refractivity contribution in [3.05, 3.63) is 34.1 Å². The van der Waals surface area contributed by atoms with Gasteiger partial charge in [-0.25, -0.2) is 8.78 Å². The highest BCUT2D eigenvalue weighted by Gasteiger charge is 2.14. The predicted molar refractivity (Wildman–Crippen MR) is 44.0 cm³/mol. The number of hydrogen-bond acceptors (Lipinski definition) is 1. The number of benzene rings is 1. The van der Waals surface area contributed by atoms with Crippen LogP contribution in [0.25, 0.3) is 0 Å². The van der Waals surface area contributed by atoms with E-state index in [9.17, 15) is 13.6 Å². The Hall–Kier alpha value is -0.770. The lowest BCUT2D eigenvalue weighted by Gasteiger charge is -2.03. The van der Waals surface area contributed by atoms with Crippen LogP contribution in [-0.2, 0) is 4.79 Å². The zero-order chi connectivity index (χ0) is 9.14. The number of carbonyl (C=O) groups is 1. The fourth-order valence-corrected chi connectivity index (χ4v) is 1.19. The molecule has 0 aliphatic carbocycles. The SMILES string of the molecule is O=C[C@@H](F)c1cccc(Br)c1F. The number of rotatable bonds is 2. The van der Waals surface area contributed by atoms with Crippen molar-refractivity contribution in [3.8, 4) is 0 Å². The molecule has 0 fully saturated rings. The maximum Gasteiger partial charge on any atom is 0.183 e. The second-order valence-corrected chi connectivity index (χ2v) is 3.04. The first kappa shape index (κ1) is 9.32. The topological polar surface area (TPSA) is 17.1 Å². The van der Waals surface area contributed by atoms with E-state index in [4.69, 9.17) is 0 Å². The summed E-state index contributed by atoms with van der Waals surface area (Å²) in [5, 5.41) is 0. The van der Waals surface area contributed by atoms with Gasteiger partial charge in [0, 0.05) is 5.56 Å². The maximum atomic E-state index is 13.0. The highest BCUT2D eigenvalue weighted by atomic mass is 79.9. The zero-order valence-electron chi connectivity index (χ0n) is 5.93. The summed E-state index contributed by atoms with van der Waals surface area (Å²) >= 11 is 2.89. The first-order chi connectivity index (χ1) is 5.66. The normalized spacial score (nSPS) is 12.6. The van der Waals surface area contributed by atoms with E-state index in [1.807, 2.05) is 0 Å². The van der Waals surface area contributed by atoms with Gasteiger partial charge in [-0.3, -0.25) is 4.79 Å². The lowest BCUT2D eigenvalue weighted by molar-refractivity contribution is -0.112. The Morgan fingerprint density at radius 3 is 2.75 bits per heavy atom. The van der Waals surface area contributed by atoms with Gasteiger partial charge >= 0.3 is 0 Å².